The lowest BCUT2D eigenvalue weighted by molar-refractivity contribution is -0.113. The first-order valence-corrected chi connectivity index (χ1v) is 11.2. The van der Waals surface area contributed by atoms with E-state index < -0.39 is 0 Å². The number of nitrogens with one attached hydrogen (secondary N) is 1. The van der Waals surface area contributed by atoms with Gasteiger partial charge in [-0.05, 0) is 44.6 Å². The topological polar surface area (TPSA) is 75.9 Å². The second-order valence-corrected chi connectivity index (χ2v) is 8.89. The lowest BCUT2D eigenvalue weighted by Gasteiger charge is -2.27. The monoisotopic (exact) mass is 440 g/mol. The summed E-state index contributed by atoms with van der Waals surface area (Å²) < 4.78 is 2.21. The van der Waals surface area contributed by atoms with Crippen LogP contribution < -0.4 is 10.2 Å². The number of hydrogen-bond donors (Lipinski definition) is 1. The van der Waals surface area contributed by atoms with Crippen LogP contribution in [-0.4, -0.2) is 44.5 Å². The molecule has 1 N–H and O–H groups in total. The van der Waals surface area contributed by atoms with Crippen molar-refractivity contribution in [3.05, 3.63) is 21.8 Å². The molecule has 1 amide bonds. The van der Waals surface area contributed by atoms with Gasteiger partial charge in [-0.25, -0.2) is 4.98 Å². The molecule has 2 aromatic rings. The Kier molecular flexibility index (Phi) is 5.99. The Bertz CT molecular complexity index is 879. The van der Waals surface area contributed by atoms with Gasteiger partial charge in [0.1, 0.15) is 0 Å². The number of pyridine rings is 1. The van der Waals surface area contributed by atoms with E-state index in [0.29, 0.717) is 27.5 Å². The largest absolute Gasteiger partial charge is 0.341 e. The van der Waals surface area contributed by atoms with Gasteiger partial charge in [-0.15, -0.1) is 10.2 Å². The number of halogens is 2. The van der Waals surface area contributed by atoms with Crippen molar-refractivity contribution in [2.24, 2.45) is 0 Å². The second kappa shape index (κ2) is 8.47. The lowest BCUT2D eigenvalue weighted by atomic mass is 10.1. The minimum atomic E-state index is -0.189. The molecule has 0 aromatic carbocycles. The summed E-state index contributed by atoms with van der Waals surface area (Å²) in [6.45, 7) is 3.84. The maximum atomic E-state index is 12.4. The van der Waals surface area contributed by atoms with Gasteiger partial charge in [-0.2, -0.15) is 0 Å². The summed E-state index contributed by atoms with van der Waals surface area (Å²) in [4.78, 5) is 18.8. The summed E-state index contributed by atoms with van der Waals surface area (Å²) in [7, 11) is 0. The first kappa shape index (κ1) is 19.8. The number of rotatable bonds is 6. The zero-order chi connectivity index (χ0) is 19.7. The van der Waals surface area contributed by atoms with Crippen LogP contribution in [0.15, 0.2) is 11.4 Å². The number of thioether (sulfide) groups is 1. The number of piperidine rings is 1. The van der Waals surface area contributed by atoms with Gasteiger partial charge in [-0.1, -0.05) is 35.0 Å². The number of carbonyl (C=O) groups excluding carboxylic acids is 1. The molecular formula is C18H22Cl2N6OS. The third-order valence-corrected chi connectivity index (χ3v) is 6.78. The Balaban J connectivity index is 1.43. The van der Waals surface area contributed by atoms with Gasteiger partial charge in [0.05, 0.1) is 15.8 Å². The zero-order valence-electron chi connectivity index (χ0n) is 15.6. The van der Waals surface area contributed by atoms with Crippen LogP contribution in [0.25, 0.3) is 0 Å². The minimum Gasteiger partial charge on any atom is -0.341 e. The Morgan fingerprint density at radius 2 is 2.00 bits per heavy atom. The fourth-order valence-electron chi connectivity index (χ4n) is 3.27. The number of anilines is 2. The van der Waals surface area contributed by atoms with E-state index in [2.05, 4.69) is 30.0 Å². The van der Waals surface area contributed by atoms with E-state index in [1.807, 2.05) is 0 Å². The van der Waals surface area contributed by atoms with Gasteiger partial charge in [0.15, 0.2) is 11.0 Å². The maximum absolute atomic E-state index is 12.4. The first-order chi connectivity index (χ1) is 13.5. The fourth-order valence-corrected chi connectivity index (χ4v) is 4.46. The van der Waals surface area contributed by atoms with Gasteiger partial charge in [0, 0.05) is 25.3 Å². The lowest BCUT2D eigenvalue weighted by Crippen LogP contribution is -2.32. The smallest absolute Gasteiger partial charge is 0.236 e. The highest BCUT2D eigenvalue weighted by Crippen LogP contribution is 2.41. The fraction of sp³-hybridized carbons (Fsp3) is 0.556. The van der Waals surface area contributed by atoms with Crippen LogP contribution in [0.5, 0.6) is 0 Å². The molecule has 0 atom stereocenters. The quantitative estimate of drug-likeness (QED) is 0.672. The van der Waals surface area contributed by atoms with Crippen molar-refractivity contribution in [1.82, 2.24) is 19.7 Å². The second-order valence-electron chi connectivity index (χ2n) is 7.16. The molecule has 2 fully saturated rings. The SMILES string of the molecule is Cc1c(Cl)cnc(NC(=O)CSc2nnc(N3CCCCC3)n2C2CC2)c1Cl. The summed E-state index contributed by atoms with van der Waals surface area (Å²) in [6, 6.07) is 0.451. The molecule has 0 radical (unpaired) electrons. The van der Waals surface area contributed by atoms with Crippen molar-refractivity contribution in [2.75, 3.05) is 29.1 Å². The molecule has 3 heterocycles. The summed E-state index contributed by atoms with van der Waals surface area (Å²) in [5.41, 5.74) is 0.695. The van der Waals surface area contributed by atoms with Gasteiger partial charge in [-0.3, -0.25) is 9.36 Å². The molecule has 1 aliphatic heterocycles. The van der Waals surface area contributed by atoms with Crippen molar-refractivity contribution < 1.29 is 4.79 Å². The predicted molar refractivity (Wildman–Crippen MR) is 113 cm³/mol. The Hall–Kier alpha value is -1.51. The van der Waals surface area contributed by atoms with Crippen LogP contribution >= 0.6 is 35.0 Å². The van der Waals surface area contributed by atoms with Crippen LogP contribution in [0.1, 0.15) is 43.7 Å². The van der Waals surface area contributed by atoms with E-state index in [1.165, 1.54) is 37.2 Å². The number of amides is 1. The van der Waals surface area contributed by atoms with E-state index in [-0.39, 0.29) is 11.7 Å². The third-order valence-electron chi connectivity index (χ3n) is 4.99. The molecule has 28 heavy (non-hydrogen) atoms. The van der Waals surface area contributed by atoms with E-state index in [9.17, 15) is 4.79 Å². The van der Waals surface area contributed by atoms with Gasteiger partial charge < -0.3 is 10.2 Å². The summed E-state index contributed by atoms with van der Waals surface area (Å²) in [5.74, 6) is 1.30. The summed E-state index contributed by atoms with van der Waals surface area (Å²) in [5, 5.41) is 13.2. The maximum Gasteiger partial charge on any atom is 0.236 e. The average Bonchev–Trinajstić information content (AvgIpc) is 3.46. The van der Waals surface area contributed by atoms with Crippen LogP contribution in [-0.2, 0) is 4.79 Å². The van der Waals surface area contributed by atoms with Crippen LogP contribution in [0.3, 0.4) is 0 Å². The molecule has 2 aromatic heterocycles. The molecule has 2 aliphatic rings. The molecule has 0 spiro atoms. The molecular weight excluding hydrogens is 419 g/mol. The zero-order valence-corrected chi connectivity index (χ0v) is 17.9. The molecule has 0 unspecified atom stereocenters. The minimum absolute atomic E-state index is 0.189. The molecule has 10 heteroatoms. The Labute approximate surface area is 178 Å². The molecule has 1 saturated carbocycles. The van der Waals surface area contributed by atoms with E-state index in [0.717, 1.165) is 37.0 Å². The highest BCUT2D eigenvalue weighted by Gasteiger charge is 2.32. The molecule has 0 bridgehead atoms. The van der Waals surface area contributed by atoms with Gasteiger partial charge in [0.25, 0.3) is 0 Å². The van der Waals surface area contributed by atoms with E-state index >= 15 is 0 Å². The third kappa shape index (κ3) is 4.23. The van der Waals surface area contributed by atoms with Gasteiger partial charge in [0.2, 0.25) is 11.9 Å². The van der Waals surface area contributed by atoms with Crippen LogP contribution in [0.4, 0.5) is 11.8 Å². The van der Waals surface area contributed by atoms with E-state index in [1.54, 1.807) is 6.92 Å². The van der Waals surface area contributed by atoms with Crippen molar-refractivity contribution in [2.45, 2.75) is 50.2 Å². The normalized spacial score (nSPS) is 17.0. The van der Waals surface area contributed by atoms with Crippen LogP contribution in [0, 0.1) is 6.92 Å². The highest BCUT2D eigenvalue weighted by molar-refractivity contribution is 7.99. The van der Waals surface area contributed by atoms with Gasteiger partial charge >= 0.3 is 0 Å². The van der Waals surface area contributed by atoms with Crippen molar-refractivity contribution >= 4 is 52.6 Å². The number of hydrogen-bond acceptors (Lipinski definition) is 6. The number of aromatic nitrogens is 4. The average molecular weight is 441 g/mol. The van der Waals surface area contributed by atoms with Crippen LogP contribution in [0.2, 0.25) is 10.0 Å². The van der Waals surface area contributed by atoms with Crippen molar-refractivity contribution in [3.8, 4) is 0 Å². The van der Waals surface area contributed by atoms with E-state index in [4.69, 9.17) is 23.2 Å². The Morgan fingerprint density at radius 1 is 1.25 bits per heavy atom. The summed E-state index contributed by atoms with van der Waals surface area (Å²) >= 11 is 13.6. The number of nitrogens with zero attached hydrogens (tertiary/aromatic N) is 5. The molecule has 7 nitrogen and oxygen atoms in total. The van der Waals surface area contributed by atoms with Crippen molar-refractivity contribution in [3.63, 3.8) is 0 Å². The predicted octanol–water partition coefficient (Wildman–Crippen LogP) is 4.34. The van der Waals surface area contributed by atoms with Crippen molar-refractivity contribution in [1.29, 1.82) is 0 Å². The first-order valence-electron chi connectivity index (χ1n) is 9.47. The molecule has 1 saturated heterocycles. The Morgan fingerprint density at radius 3 is 2.71 bits per heavy atom. The molecule has 150 valence electrons. The highest BCUT2D eigenvalue weighted by atomic mass is 35.5. The molecule has 1 aliphatic carbocycles. The number of carbonyl (C=O) groups is 1. The standard InChI is InChI=1S/C18H22Cl2N6OS/c1-11-13(19)9-21-16(15(11)20)22-14(27)10-28-18-24-23-17(26(18)12-5-6-12)25-7-3-2-4-8-25/h9,12H,2-8,10H2,1H3,(H,21,22,27). The molecule has 4 rings (SSSR count). The summed E-state index contributed by atoms with van der Waals surface area (Å²) in [6.07, 6.45) is 7.43.